The van der Waals surface area contributed by atoms with E-state index in [4.69, 9.17) is 16.1 Å². The molecular weight excluding hydrogens is 330 g/mol. The van der Waals surface area contributed by atoms with Gasteiger partial charge in [-0.3, -0.25) is 9.69 Å². The van der Waals surface area contributed by atoms with Crippen LogP contribution in [0.15, 0.2) is 28.8 Å². The van der Waals surface area contributed by atoms with Crippen molar-refractivity contribution in [2.45, 2.75) is 19.0 Å². The van der Waals surface area contributed by atoms with Crippen molar-refractivity contribution in [3.8, 4) is 0 Å². The molecule has 1 unspecified atom stereocenters. The lowest BCUT2D eigenvalue weighted by molar-refractivity contribution is -0.120. The van der Waals surface area contributed by atoms with Gasteiger partial charge >= 0.3 is 0 Å². The van der Waals surface area contributed by atoms with Gasteiger partial charge in [0.2, 0.25) is 11.8 Å². The van der Waals surface area contributed by atoms with E-state index in [1.165, 1.54) is 0 Å². The van der Waals surface area contributed by atoms with Crippen LogP contribution in [0.25, 0.3) is 0 Å². The molecule has 0 saturated carbocycles. The average molecular weight is 350 g/mol. The average Bonchev–Trinajstić information content (AvgIpc) is 3.03. The third kappa shape index (κ3) is 3.92. The SMILES string of the molecule is CNC(=O)Cc1noc(CN2CCNCC2c2ccccc2Cl)n1. The molecule has 2 heterocycles. The molecule has 0 bridgehead atoms. The van der Waals surface area contributed by atoms with E-state index in [0.717, 1.165) is 30.2 Å². The van der Waals surface area contributed by atoms with Crippen LogP contribution in [-0.2, 0) is 17.8 Å². The number of carbonyl (C=O) groups excluding carboxylic acids is 1. The molecule has 1 aromatic carbocycles. The van der Waals surface area contributed by atoms with Gasteiger partial charge in [-0.05, 0) is 11.6 Å². The smallest absolute Gasteiger partial charge is 0.240 e. The number of hydrogen-bond acceptors (Lipinski definition) is 6. The maximum atomic E-state index is 11.4. The Morgan fingerprint density at radius 2 is 2.33 bits per heavy atom. The highest BCUT2D eigenvalue weighted by molar-refractivity contribution is 6.31. The molecule has 7 nitrogen and oxygen atoms in total. The van der Waals surface area contributed by atoms with Crippen molar-refractivity contribution in [3.63, 3.8) is 0 Å². The van der Waals surface area contributed by atoms with Crippen LogP contribution < -0.4 is 10.6 Å². The number of likely N-dealkylation sites (N-methyl/N-ethyl adjacent to an activating group) is 1. The van der Waals surface area contributed by atoms with Crippen molar-refractivity contribution in [1.29, 1.82) is 0 Å². The molecule has 0 radical (unpaired) electrons. The van der Waals surface area contributed by atoms with E-state index in [0.29, 0.717) is 18.3 Å². The number of piperazine rings is 1. The van der Waals surface area contributed by atoms with Crippen molar-refractivity contribution in [3.05, 3.63) is 46.6 Å². The topological polar surface area (TPSA) is 83.3 Å². The van der Waals surface area contributed by atoms with E-state index in [-0.39, 0.29) is 18.4 Å². The van der Waals surface area contributed by atoms with Crippen molar-refractivity contribution in [2.24, 2.45) is 0 Å². The Hall–Kier alpha value is -1.96. The molecule has 1 amide bonds. The summed E-state index contributed by atoms with van der Waals surface area (Å²) < 4.78 is 5.29. The molecule has 1 aromatic heterocycles. The molecule has 1 aliphatic rings. The highest BCUT2D eigenvalue weighted by atomic mass is 35.5. The number of amides is 1. The summed E-state index contributed by atoms with van der Waals surface area (Å²) in [5.74, 6) is 0.764. The standard InChI is InChI=1S/C16H20ClN5O2/c1-18-15(23)8-14-20-16(24-21-14)10-22-7-6-19-9-13(22)11-4-2-3-5-12(11)17/h2-5,13,19H,6-10H2,1H3,(H,18,23). The molecule has 1 saturated heterocycles. The fourth-order valence-corrected chi connectivity index (χ4v) is 3.08. The summed E-state index contributed by atoms with van der Waals surface area (Å²) in [6.45, 7) is 3.07. The first kappa shape index (κ1) is 16.9. The fraction of sp³-hybridized carbons (Fsp3) is 0.438. The minimum atomic E-state index is -0.140. The molecule has 1 fully saturated rings. The molecule has 1 aliphatic heterocycles. The highest BCUT2D eigenvalue weighted by Crippen LogP contribution is 2.29. The van der Waals surface area contributed by atoms with Crippen LogP contribution in [0.3, 0.4) is 0 Å². The fourth-order valence-electron chi connectivity index (χ4n) is 2.82. The normalized spacial score (nSPS) is 18.5. The summed E-state index contributed by atoms with van der Waals surface area (Å²) in [4.78, 5) is 18.0. The van der Waals surface area contributed by atoms with Crippen molar-refractivity contribution >= 4 is 17.5 Å². The Kier molecular flexibility index (Phi) is 5.44. The molecule has 3 rings (SSSR count). The minimum Gasteiger partial charge on any atom is -0.359 e. The summed E-state index contributed by atoms with van der Waals surface area (Å²) in [5, 5.41) is 10.6. The Morgan fingerprint density at radius 1 is 1.50 bits per heavy atom. The van der Waals surface area contributed by atoms with Gasteiger partial charge in [-0.2, -0.15) is 4.98 Å². The first-order valence-electron chi connectivity index (χ1n) is 7.88. The number of nitrogens with one attached hydrogen (secondary N) is 2. The molecular formula is C16H20ClN5O2. The Morgan fingerprint density at radius 3 is 3.12 bits per heavy atom. The van der Waals surface area contributed by atoms with Gasteiger partial charge in [-0.25, -0.2) is 0 Å². The van der Waals surface area contributed by atoms with Crippen LogP contribution in [0, 0.1) is 0 Å². The van der Waals surface area contributed by atoms with Crippen molar-refractivity contribution in [1.82, 2.24) is 25.7 Å². The van der Waals surface area contributed by atoms with Crippen molar-refractivity contribution in [2.75, 3.05) is 26.7 Å². The van der Waals surface area contributed by atoms with E-state index in [9.17, 15) is 4.79 Å². The van der Waals surface area contributed by atoms with Gasteiger partial charge < -0.3 is 15.2 Å². The first-order chi connectivity index (χ1) is 11.7. The lowest BCUT2D eigenvalue weighted by atomic mass is 10.0. The molecule has 0 aliphatic carbocycles. The monoisotopic (exact) mass is 349 g/mol. The van der Waals surface area contributed by atoms with Gasteiger partial charge in [0.05, 0.1) is 13.0 Å². The number of aromatic nitrogens is 2. The number of halogens is 1. The minimum absolute atomic E-state index is 0.121. The molecule has 8 heteroatoms. The summed E-state index contributed by atoms with van der Waals surface area (Å²) in [5.41, 5.74) is 1.08. The van der Waals surface area contributed by atoms with Gasteiger partial charge in [0, 0.05) is 37.7 Å². The zero-order valence-electron chi connectivity index (χ0n) is 13.5. The zero-order chi connectivity index (χ0) is 16.9. The van der Waals surface area contributed by atoms with Crippen LogP contribution in [0.2, 0.25) is 5.02 Å². The lowest BCUT2D eigenvalue weighted by Gasteiger charge is -2.35. The third-order valence-corrected chi connectivity index (χ3v) is 4.41. The maximum Gasteiger partial charge on any atom is 0.240 e. The Labute approximate surface area is 145 Å². The predicted octanol–water partition coefficient (Wildman–Crippen LogP) is 1.16. The second-order valence-electron chi connectivity index (χ2n) is 5.67. The quantitative estimate of drug-likeness (QED) is 0.842. The van der Waals surface area contributed by atoms with Crippen LogP contribution in [0.4, 0.5) is 0 Å². The van der Waals surface area contributed by atoms with E-state index < -0.39 is 0 Å². The van der Waals surface area contributed by atoms with E-state index in [1.54, 1.807) is 7.05 Å². The van der Waals surface area contributed by atoms with Crippen LogP contribution >= 0.6 is 11.6 Å². The third-order valence-electron chi connectivity index (χ3n) is 4.06. The van der Waals surface area contributed by atoms with E-state index in [2.05, 4.69) is 25.7 Å². The second kappa shape index (κ2) is 7.74. The Balaban J connectivity index is 1.73. The van der Waals surface area contributed by atoms with Gasteiger partial charge in [0.1, 0.15) is 0 Å². The summed E-state index contributed by atoms with van der Waals surface area (Å²) in [6, 6.07) is 7.99. The number of rotatable bonds is 5. The predicted molar refractivity (Wildman–Crippen MR) is 89.5 cm³/mol. The highest BCUT2D eigenvalue weighted by Gasteiger charge is 2.27. The first-order valence-corrected chi connectivity index (χ1v) is 8.26. The number of hydrogen-bond donors (Lipinski definition) is 2. The summed E-state index contributed by atoms with van der Waals surface area (Å²) in [6.07, 6.45) is 0.121. The molecule has 2 N–H and O–H groups in total. The lowest BCUT2D eigenvalue weighted by Crippen LogP contribution is -2.45. The van der Waals surface area contributed by atoms with E-state index >= 15 is 0 Å². The van der Waals surface area contributed by atoms with Gasteiger partial charge in [-0.15, -0.1) is 0 Å². The molecule has 128 valence electrons. The van der Waals surface area contributed by atoms with Crippen molar-refractivity contribution < 1.29 is 9.32 Å². The number of nitrogens with zero attached hydrogens (tertiary/aromatic N) is 3. The van der Waals surface area contributed by atoms with E-state index in [1.807, 2.05) is 24.3 Å². The molecule has 0 spiro atoms. The largest absolute Gasteiger partial charge is 0.359 e. The van der Waals surface area contributed by atoms with Gasteiger partial charge in [0.15, 0.2) is 5.82 Å². The zero-order valence-corrected chi connectivity index (χ0v) is 14.2. The summed E-state index contributed by atoms with van der Waals surface area (Å²) in [7, 11) is 1.58. The van der Waals surface area contributed by atoms with Crippen LogP contribution in [0.5, 0.6) is 0 Å². The molecule has 24 heavy (non-hydrogen) atoms. The number of carbonyl (C=O) groups is 1. The van der Waals surface area contributed by atoms with Gasteiger partial charge in [0.25, 0.3) is 0 Å². The van der Waals surface area contributed by atoms with Crippen LogP contribution in [-0.4, -0.2) is 47.6 Å². The van der Waals surface area contributed by atoms with Gasteiger partial charge in [-0.1, -0.05) is 35.0 Å². The molecule has 2 aromatic rings. The Bertz CT molecular complexity index is 705. The van der Waals surface area contributed by atoms with Crippen LogP contribution in [0.1, 0.15) is 23.3 Å². The summed E-state index contributed by atoms with van der Waals surface area (Å²) >= 11 is 6.35. The second-order valence-corrected chi connectivity index (χ2v) is 6.07. The molecule has 1 atom stereocenters. The maximum absolute atomic E-state index is 11.4. The number of benzene rings is 1.